The Morgan fingerprint density at radius 3 is 2.29 bits per heavy atom. The van der Waals surface area contributed by atoms with Gasteiger partial charge in [-0.2, -0.15) is 0 Å². The van der Waals surface area contributed by atoms with Crippen LogP contribution in [-0.4, -0.2) is 40.8 Å². The van der Waals surface area contributed by atoms with Crippen molar-refractivity contribution in [1.29, 1.82) is 0 Å². The summed E-state index contributed by atoms with van der Waals surface area (Å²) in [6.07, 6.45) is 1.19. The molecule has 17 heavy (non-hydrogen) atoms. The zero-order chi connectivity index (χ0) is 12.7. The molecule has 1 aliphatic heterocycles. The molecule has 0 aromatic heterocycles. The van der Waals surface area contributed by atoms with Gasteiger partial charge in [0.15, 0.2) is 6.29 Å². The first-order chi connectivity index (χ1) is 8.17. The molecular formula is C12H24O4Si. The minimum Gasteiger partial charge on any atom is -0.392 e. The highest BCUT2D eigenvalue weighted by Gasteiger charge is 2.36. The van der Waals surface area contributed by atoms with Crippen LogP contribution < -0.4 is 0 Å². The predicted molar refractivity (Wildman–Crippen MR) is 68.9 cm³/mol. The van der Waals surface area contributed by atoms with E-state index in [1.165, 1.54) is 0 Å². The summed E-state index contributed by atoms with van der Waals surface area (Å²) in [5.41, 5.74) is 1.87. The lowest BCUT2D eigenvalue weighted by Crippen LogP contribution is -2.40. The number of rotatable bonds is 10. The van der Waals surface area contributed by atoms with Crippen molar-refractivity contribution in [3.63, 3.8) is 0 Å². The Morgan fingerprint density at radius 2 is 1.88 bits per heavy atom. The van der Waals surface area contributed by atoms with E-state index in [1.807, 2.05) is 26.5 Å². The van der Waals surface area contributed by atoms with Gasteiger partial charge in [0.25, 0.3) is 0 Å². The minimum absolute atomic E-state index is 0.00832. The molecule has 1 saturated heterocycles. The second kappa shape index (κ2) is 7.28. The van der Waals surface area contributed by atoms with Gasteiger partial charge in [0.2, 0.25) is 0 Å². The van der Waals surface area contributed by atoms with Gasteiger partial charge in [0.1, 0.15) is 6.10 Å². The monoisotopic (exact) mass is 260 g/mol. The Morgan fingerprint density at radius 1 is 1.29 bits per heavy atom. The molecular weight excluding hydrogens is 236 g/mol. The Hall–Kier alpha value is -0.203. The lowest BCUT2D eigenvalue weighted by atomic mass is 10.5. The topological polar surface area (TPSA) is 40.2 Å². The summed E-state index contributed by atoms with van der Waals surface area (Å²) < 4.78 is 22.2. The summed E-state index contributed by atoms with van der Waals surface area (Å²) in [6.45, 7) is 11.9. The molecule has 5 heteroatoms. The van der Waals surface area contributed by atoms with Gasteiger partial charge in [0, 0.05) is 19.8 Å². The average Bonchev–Trinajstić information content (AvgIpc) is 3.01. The fourth-order valence-corrected chi connectivity index (χ4v) is 4.18. The largest absolute Gasteiger partial charge is 0.392 e. The van der Waals surface area contributed by atoms with E-state index >= 15 is 0 Å². The summed E-state index contributed by atoms with van der Waals surface area (Å²) in [7, 11) is -2.20. The Labute approximate surface area is 105 Å². The van der Waals surface area contributed by atoms with Gasteiger partial charge in [0.05, 0.1) is 0 Å². The third-order valence-corrected chi connectivity index (χ3v) is 5.92. The van der Waals surface area contributed by atoms with Gasteiger partial charge >= 0.3 is 8.56 Å². The van der Waals surface area contributed by atoms with Crippen molar-refractivity contribution >= 4 is 8.56 Å². The van der Waals surface area contributed by atoms with Crippen molar-refractivity contribution in [1.82, 2.24) is 0 Å². The molecule has 0 spiro atoms. The van der Waals surface area contributed by atoms with Crippen LogP contribution >= 0.6 is 0 Å². The third-order valence-electron chi connectivity index (χ3n) is 2.70. The van der Waals surface area contributed by atoms with Crippen LogP contribution in [0.5, 0.6) is 0 Å². The number of epoxide rings is 1. The van der Waals surface area contributed by atoms with E-state index in [9.17, 15) is 0 Å². The first-order valence-electron chi connectivity index (χ1n) is 6.36. The zero-order valence-corrected chi connectivity index (χ0v) is 12.1. The average molecular weight is 260 g/mol. The maximum absolute atomic E-state index is 5.77. The SMILES string of the molecule is C=C[Si](CCCOC1OC1C)(OCC)OCC. The van der Waals surface area contributed by atoms with Crippen LogP contribution in [0, 0.1) is 0 Å². The molecule has 0 aromatic rings. The molecule has 1 rings (SSSR count). The van der Waals surface area contributed by atoms with E-state index in [-0.39, 0.29) is 12.4 Å². The molecule has 0 radical (unpaired) electrons. The van der Waals surface area contributed by atoms with Gasteiger partial charge in [-0.1, -0.05) is 0 Å². The van der Waals surface area contributed by atoms with E-state index in [4.69, 9.17) is 18.3 Å². The highest BCUT2D eigenvalue weighted by Crippen LogP contribution is 2.23. The van der Waals surface area contributed by atoms with Gasteiger partial charge in [-0.05, 0) is 38.9 Å². The standard InChI is InChI=1S/C12H24O4Si/c1-5-14-17(7-3,15-6-2)10-8-9-13-12-11(4)16-12/h7,11-12H,3,5-6,8-10H2,1-2,4H3. The molecule has 0 aliphatic carbocycles. The molecule has 1 aliphatic rings. The van der Waals surface area contributed by atoms with E-state index in [2.05, 4.69) is 6.58 Å². The summed E-state index contributed by atoms with van der Waals surface area (Å²) in [4.78, 5) is 0. The van der Waals surface area contributed by atoms with Gasteiger partial charge in [-0.15, -0.1) is 6.58 Å². The van der Waals surface area contributed by atoms with Crippen molar-refractivity contribution in [2.24, 2.45) is 0 Å². The van der Waals surface area contributed by atoms with Crippen molar-refractivity contribution in [2.45, 2.75) is 45.6 Å². The molecule has 0 N–H and O–H groups in total. The molecule has 2 unspecified atom stereocenters. The van der Waals surface area contributed by atoms with E-state index in [0.717, 1.165) is 12.5 Å². The second-order valence-electron chi connectivity index (χ2n) is 4.07. The first-order valence-corrected chi connectivity index (χ1v) is 8.46. The quantitative estimate of drug-likeness (QED) is 0.343. The van der Waals surface area contributed by atoms with Crippen LogP contribution in [-0.2, 0) is 18.3 Å². The maximum atomic E-state index is 5.77. The summed E-state index contributed by atoms with van der Waals surface area (Å²) in [5, 5.41) is 0. The van der Waals surface area contributed by atoms with Gasteiger partial charge in [-0.3, -0.25) is 0 Å². The molecule has 2 atom stereocenters. The first kappa shape index (κ1) is 14.9. The fourth-order valence-electron chi connectivity index (χ4n) is 1.75. The van der Waals surface area contributed by atoms with Gasteiger partial charge < -0.3 is 18.3 Å². The Bertz CT molecular complexity index is 229. The number of hydrogen-bond donors (Lipinski definition) is 0. The number of hydrogen-bond acceptors (Lipinski definition) is 4. The smallest absolute Gasteiger partial charge is 0.364 e. The summed E-state index contributed by atoms with van der Waals surface area (Å²) in [5.74, 6) is 0. The molecule has 0 amide bonds. The van der Waals surface area contributed by atoms with Crippen molar-refractivity contribution < 1.29 is 18.3 Å². The van der Waals surface area contributed by atoms with Crippen molar-refractivity contribution in [3.8, 4) is 0 Å². The lowest BCUT2D eigenvalue weighted by molar-refractivity contribution is 0.0492. The Kier molecular flexibility index (Phi) is 6.36. The minimum atomic E-state index is -2.20. The second-order valence-corrected chi connectivity index (χ2v) is 7.18. The van der Waals surface area contributed by atoms with E-state index in [1.54, 1.807) is 0 Å². The lowest BCUT2D eigenvalue weighted by Gasteiger charge is -2.26. The molecule has 4 nitrogen and oxygen atoms in total. The highest BCUT2D eigenvalue weighted by molar-refractivity contribution is 6.72. The van der Waals surface area contributed by atoms with Crippen molar-refractivity contribution in [2.75, 3.05) is 19.8 Å². The van der Waals surface area contributed by atoms with Crippen LogP contribution in [0.25, 0.3) is 0 Å². The molecule has 0 saturated carbocycles. The van der Waals surface area contributed by atoms with E-state index in [0.29, 0.717) is 19.8 Å². The molecule has 1 fully saturated rings. The molecule has 100 valence electrons. The summed E-state index contributed by atoms with van der Waals surface area (Å²) >= 11 is 0. The third kappa shape index (κ3) is 4.89. The fraction of sp³-hybridized carbons (Fsp3) is 0.833. The van der Waals surface area contributed by atoms with Crippen LogP contribution in [0.4, 0.5) is 0 Å². The van der Waals surface area contributed by atoms with Crippen LogP contribution in [0.1, 0.15) is 27.2 Å². The molecule has 1 heterocycles. The predicted octanol–water partition coefficient (Wildman–Crippen LogP) is 2.38. The Balaban J connectivity index is 2.24. The summed E-state index contributed by atoms with van der Waals surface area (Å²) in [6, 6.07) is 0.888. The van der Waals surface area contributed by atoms with Crippen LogP contribution in [0.2, 0.25) is 6.04 Å². The van der Waals surface area contributed by atoms with Crippen LogP contribution in [0.15, 0.2) is 12.3 Å². The van der Waals surface area contributed by atoms with E-state index < -0.39 is 8.56 Å². The number of ether oxygens (including phenoxy) is 2. The normalized spacial score (nSPS) is 23.7. The van der Waals surface area contributed by atoms with Crippen LogP contribution in [0.3, 0.4) is 0 Å². The molecule has 0 aromatic carbocycles. The maximum Gasteiger partial charge on any atom is 0.364 e. The van der Waals surface area contributed by atoms with Gasteiger partial charge in [-0.25, -0.2) is 0 Å². The highest BCUT2D eigenvalue weighted by atomic mass is 28.4. The van der Waals surface area contributed by atoms with Crippen molar-refractivity contribution in [3.05, 3.63) is 12.3 Å². The zero-order valence-electron chi connectivity index (χ0n) is 11.1. The molecule has 0 bridgehead atoms.